The van der Waals surface area contributed by atoms with Crippen molar-refractivity contribution < 1.29 is 9.53 Å². The number of nitrogens with two attached hydrogens (primary N) is 1. The number of methoxy groups -OCH3 is 1. The van der Waals surface area contributed by atoms with Crippen LogP contribution in [0.1, 0.15) is 22.3 Å². The Morgan fingerprint density at radius 2 is 2.00 bits per heavy atom. The summed E-state index contributed by atoms with van der Waals surface area (Å²) in [5, 5.41) is 4.51. The highest BCUT2D eigenvalue weighted by atomic mass is 35.5. The molecule has 0 aliphatic heterocycles. The molecule has 1 heterocycles. The van der Waals surface area contributed by atoms with Crippen molar-refractivity contribution >= 4 is 17.5 Å². The summed E-state index contributed by atoms with van der Waals surface area (Å²) in [6, 6.07) is 8.16. The van der Waals surface area contributed by atoms with E-state index in [2.05, 4.69) is 5.10 Å². The van der Waals surface area contributed by atoms with Crippen molar-refractivity contribution in [1.82, 2.24) is 9.78 Å². The van der Waals surface area contributed by atoms with E-state index in [1.807, 2.05) is 0 Å². The van der Waals surface area contributed by atoms with Gasteiger partial charge in [-0.2, -0.15) is 5.10 Å². The van der Waals surface area contributed by atoms with Gasteiger partial charge in [0.05, 0.1) is 0 Å². The molecular formula is C13H12ClN3O3. The van der Waals surface area contributed by atoms with Crippen LogP contribution in [0.15, 0.2) is 41.3 Å². The minimum Gasteiger partial charge on any atom is -0.364 e. The van der Waals surface area contributed by atoms with Crippen molar-refractivity contribution in [2.24, 2.45) is 5.73 Å². The molecule has 1 aromatic heterocycles. The van der Waals surface area contributed by atoms with Gasteiger partial charge in [-0.3, -0.25) is 9.59 Å². The average molecular weight is 294 g/mol. The van der Waals surface area contributed by atoms with Crippen LogP contribution < -0.4 is 11.2 Å². The summed E-state index contributed by atoms with van der Waals surface area (Å²) in [4.78, 5) is 22.6. The number of carbonyl (C=O) groups excluding carboxylic acids is 1. The molecule has 6 nitrogen and oxygen atoms in total. The first-order valence-corrected chi connectivity index (χ1v) is 6.08. The Hall–Kier alpha value is -2.18. The second kappa shape index (κ2) is 5.85. The summed E-state index contributed by atoms with van der Waals surface area (Å²) < 4.78 is 6.69. The van der Waals surface area contributed by atoms with E-state index >= 15 is 0 Å². The Morgan fingerprint density at radius 1 is 1.35 bits per heavy atom. The van der Waals surface area contributed by atoms with Gasteiger partial charge < -0.3 is 10.5 Å². The molecule has 7 heteroatoms. The van der Waals surface area contributed by atoms with Crippen LogP contribution >= 0.6 is 11.6 Å². The third-order valence-corrected chi connectivity index (χ3v) is 2.93. The molecule has 0 saturated heterocycles. The molecular weight excluding hydrogens is 282 g/mol. The maximum Gasteiger partial charge on any atom is 0.273 e. The van der Waals surface area contributed by atoms with Crippen molar-refractivity contribution in [1.29, 1.82) is 0 Å². The topological polar surface area (TPSA) is 87.2 Å². The Labute approximate surface area is 119 Å². The van der Waals surface area contributed by atoms with Gasteiger partial charge in [-0.25, -0.2) is 4.68 Å². The number of hydrogen-bond acceptors (Lipinski definition) is 4. The van der Waals surface area contributed by atoms with E-state index in [0.29, 0.717) is 5.02 Å². The van der Waals surface area contributed by atoms with E-state index in [9.17, 15) is 9.59 Å². The molecule has 0 spiro atoms. The van der Waals surface area contributed by atoms with Crippen LogP contribution in [0.4, 0.5) is 0 Å². The first-order chi connectivity index (χ1) is 9.52. The Kier molecular flexibility index (Phi) is 4.16. The van der Waals surface area contributed by atoms with Crippen molar-refractivity contribution in [2.45, 2.75) is 6.23 Å². The lowest BCUT2D eigenvalue weighted by Gasteiger charge is -2.18. The van der Waals surface area contributed by atoms with Gasteiger partial charge in [-0.15, -0.1) is 0 Å². The molecule has 2 rings (SSSR count). The molecule has 0 fully saturated rings. The molecule has 0 aliphatic rings. The predicted molar refractivity (Wildman–Crippen MR) is 73.6 cm³/mol. The zero-order valence-corrected chi connectivity index (χ0v) is 11.4. The number of primary amides is 1. The number of benzene rings is 1. The lowest BCUT2D eigenvalue weighted by atomic mass is 10.2. The Balaban J connectivity index is 2.47. The molecule has 1 atom stereocenters. The third-order valence-electron chi connectivity index (χ3n) is 2.68. The highest BCUT2D eigenvalue weighted by Crippen LogP contribution is 2.20. The number of hydrogen-bond donors (Lipinski definition) is 1. The standard InChI is InChI=1S/C13H12ClN3O3/c1-20-13(8-2-4-9(14)5-3-8)17-7-6-10(18)11(16-17)12(15)19/h2-7,13H,1H3,(H2,15,19). The van der Waals surface area contributed by atoms with E-state index in [1.54, 1.807) is 24.3 Å². The lowest BCUT2D eigenvalue weighted by Crippen LogP contribution is -2.28. The summed E-state index contributed by atoms with van der Waals surface area (Å²) in [5.74, 6) is -0.879. The zero-order valence-electron chi connectivity index (χ0n) is 10.6. The first-order valence-electron chi connectivity index (χ1n) is 5.70. The zero-order chi connectivity index (χ0) is 14.7. The number of amides is 1. The van der Waals surface area contributed by atoms with E-state index in [1.165, 1.54) is 24.1 Å². The molecule has 1 aromatic carbocycles. The summed E-state index contributed by atoms with van der Waals surface area (Å²) in [6.07, 6.45) is 0.836. The predicted octanol–water partition coefficient (Wildman–Crippen LogP) is 1.19. The summed E-state index contributed by atoms with van der Waals surface area (Å²) >= 11 is 5.83. The highest BCUT2D eigenvalue weighted by Gasteiger charge is 2.16. The van der Waals surface area contributed by atoms with Gasteiger partial charge in [0.2, 0.25) is 5.43 Å². The molecule has 0 saturated carbocycles. The minimum atomic E-state index is -0.879. The highest BCUT2D eigenvalue weighted by molar-refractivity contribution is 6.30. The fourth-order valence-electron chi connectivity index (χ4n) is 1.75. The van der Waals surface area contributed by atoms with Crippen molar-refractivity contribution in [3.63, 3.8) is 0 Å². The smallest absolute Gasteiger partial charge is 0.273 e. The van der Waals surface area contributed by atoms with Gasteiger partial charge in [-0.1, -0.05) is 23.7 Å². The monoisotopic (exact) mass is 293 g/mol. The van der Waals surface area contributed by atoms with Crippen LogP contribution in [0, 0.1) is 0 Å². The largest absolute Gasteiger partial charge is 0.364 e. The number of aromatic nitrogens is 2. The Bertz CT molecular complexity index is 682. The maximum absolute atomic E-state index is 11.5. The number of nitrogens with zero attached hydrogens (tertiary/aromatic N) is 2. The van der Waals surface area contributed by atoms with Crippen LogP contribution in [0.25, 0.3) is 0 Å². The Morgan fingerprint density at radius 3 is 2.55 bits per heavy atom. The van der Waals surface area contributed by atoms with Crippen LogP contribution in [-0.2, 0) is 4.74 Å². The van der Waals surface area contributed by atoms with Gasteiger partial charge in [-0.05, 0) is 12.1 Å². The van der Waals surface area contributed by atoms with Gasteiger partial charge in [0.15, 0.2) is 11.9 Å². The van der Waals surface area contributed by atoms with Gasteiger partial charge in [0, 0.05) is 30.0 Å². The summed E-state index contributed by atoms with van der Waals surface area (Å²) in [6.45, 7) is 0. The molecule has 2 aromatic rings. The van der Waals surface area contributed by atoms with Crippen LogP contribution in [0.2, 0.25) is 5.02 Å². The molecule has 1 amide bonds. The number of ether oxygens (including phenoxy) is 1. The van der Waals surface area contributed by atoms with Crippen molar-refractivity contribution in [3.05, 3.63) is 63.0 Å². The van der Waals surface area contributed by atoms with Crippen molar-refractivity contribution in [2.75, 3.05) is 7.11 Å². The molecule has 20 heavy (non-hydrogen) atoms. The molecule has 1 unspecified atom stereocenters. The summed E-state index contributed by atoms with van der Waals surface area (Å²) in [5.41, 5.74) is 5.02. The maximum atomic E-state index is 11.5. The van der Waals surface area contributed by atoms with E-state index in [4.69, 9.17) is 22.1 Å². The normalized spacial score (nSPS) is 12.1. The third kappa shape index (κ3) is 2.87. The van der Waals surface area contributed by atoms with Gasteiger partial charge in [0.1, 0.15) is 0 Å². The second-order valence-corrected chi connectivity index (χ2v) is 4.45. The lowest BCUT2D eigenvalue weighted by molar-refractivity contribution is 0.0656. The van der Waals surface area contributed by atoms with Gasteiger partial charge in [0.25, 0.3) is 5.91 Å². The molecule has 0 bridgehead atoms. The SMILES string of the molecule is COC(c1ccc(Cl)cc1)n1ccc(=O)c(C(N)=O)n1. The fraction of sp³-hybridized carbons (Fsp3) is 0.154. The molecule has 104 valence electrons. The second-order valence-electron chi connectivity index (χ2n) is 4.01. The molecule has 2 N–H and O–H groups in total. The molecule has 0 radical (unpaired) electrons. The van der Waals surface area contributed by atoms with Crippen LogP contribution in [0.3, 0.4) is 0 Å². The van der Waals surface area contributed by atoms with E-state index in [0.717, 1.165) is 5.56 Å². The average Bonchev–Trinajstić information content (AvgIpc) is 2.43. The molecule has 0 aliphatic carbocycles. The first kappa shape index (κ1) is 14.2. The van der Waals surface area contributed by atoms with Crippen LogP contribution in [0.5, 0.6) is 0 Å². The number of carbonyl (C=O) groups is 1. The van der Waals surface area contributed by atoms with E-state index in [-0.39, 0.29) is 5.69 Å². The number of halogens is 1. The fourth-order valence-corrected chi connectivity index (χ4v) is 1.87. The van der Waals surface area contributed by atoms with Crippen LogP contribution in [-0.4, -0.2) is 22.8 Å². The summed E-state index contributed by atoms with van der Waals surface area (Å²) in [7, 11) is 1.49. The van der Waals surface area contributed by atoms with E-state index < -0.39 is 17.6 Å². The number of rotatable bonds is 4. The van der Waals surface area contributed by atoms with Gasteiger partial charge >= 0.3 is 0 Å². The minimum absolute atomic E-state index is 0.330. The quantitative estimate of drug-likeness (QED) is 0.917. The van der Waals surface area contributed by atoms with Crippen molar-refractivity contribution in [3.8, 4) is 0 Å².